The molecule has 0 saturated heterocycles. The summed E-state index contributed by atoms with van der Waals surface area (Å²) in [6, 6.07) is 0. The summed E-state index contributed by atoms with van der Waals surface area (Å²) in [5.74, 6) is 0.771. The molecule has 4 rings (SSSR count). The number of hydrogen-bond acceptors (Lipinski definition) is 1. The molecule has 0 heterocycles. The Morgan fingerprint density at radius 1 is 1.08 bits per heavy atom. The molecule has 0 spiro atoms. The zero-order valence-corrected chi connectivity index (χ0v) is 14.6. The number of carbonyl (C=O) groups excluding carboxylic acids is 1. The number of allylic oxidation sites excluding steroid dienone is 4. The van der Waals surface area contributed by atoms with E-state index in [1.807, 2.05) is 0 Å². The van der Waals surface area contributed by atoms with Gasteiger partial charge in [0.1, 0.15) is 5.78 Å². The maximum atomic E-state index is 14.0. The topological polar surface area (TPSA) is 17.1 Å². The van der Waals surface area contributed by atoms with E-state index in [2.05, 4.69) is 19.9 Å². The van der Waals surface area contributed by atoms with Crippen LogP contribution in [0.2, 0.25) is 0 Å². The highest BCUT2D eigenvalue weighted by Gasteiger charge is 2.61. The molecule has 0 radical (unpaired) electrons. The van der Waals surface area contributed by atoms with E-state index in [4.69, 9.17) is 0 Å². The third-order valence-corrected chi connectivity index (χ3v) is 7.85. The molecule has 0 aromatic carbocycles. The van der Waals surface area contributed by atoms with Crippen molar-refractivity contribution in [1.29, 1.82) is 0 Å². The van der Waals surface area contributed by atoms with E-state index >= 15 is 0 Å². The fourth-order valence-corrected chi connectivity index (χ4v) is 6.54. The van der Waals surface area contributed by atoms with Crippen LogP contribution in [0.3, 0.4) is 0 Å². The number of fused-ring (bicyclic) bond motifs is 5. The predicted octanol–water partition coefficient (Wildman–Crippen LogP) is 5.84. The van der Waals surface area contributed by atoms with Crippen LogP contribution in [-0.2, 0) is 4.79 Å². The molecular formula is C21H26F2O. The highest BCUT2D eigenvalue weighted by Crippen LogP contribution is 2.67. The molecule has 3 heteroatoms. The zero-order valence-electron chi connectivity index (χ0n) is 14.6. The summed E-state index contributed by atoms with van der Waals surface area (Å²) in [4.78, 5) is 12.5. The largest absolute Gasteiger partial charge is 0.299 e. The fourth-order valence-electron chi connectivity index (χ4n) is 6.54. The van der Waals surface area contributed by atoms with Crippen molar-refractivity contribution in [3.63, 3.8) is 0 Å². The van der Waals surface area contributed by atoms with Gasteiger partial charge in [-0.2, -0.15) is 0 Å². The van der Waals surface area contributed by atoms with E-state index in [1.54, 1.807) is 0 Å². The number of ketones is 1. The van der Waals surface area contributed by atoms with E-state index in [-0.39, 0.29) is 22.7 Å². The lowest BCUT2D eigenvalue weighted by molar-refractivity contribution is -0.130. The van der Waals surface area contributed by atoms with Crippen LogP contribution in [0.5, 0.6) is 0 Å². The summed E-state index contributed by atoms with van der Waals surface area (Å²) in [6.07, 6.45) is 9.71. The molecule has 0 amide bonds. The minimum absolute atomic E-state index is 0.0255. The molecular weight excluding hydrogens is 306 g/mol. The van der Waals surface area contributed by atoms with Crippen molar-refractivity contribution in [3.8, 4) is 0 Å². The average Bonchev–Trinajstić information content (AvgIpc) is 2.88. The van der Waals surface area contributed by atoms with Gasteiger partial charge in [0.05, 0.1) is 12.7 Å². The highest BCUT2D eigenvalue weighted by atomic mass is 19.1. The summed E-state index contributed by atoms with van der Waals surface area (Å²) in [5.41, 5.74) is 1.56. The van der Waals surface area contributed by atoms with Crippen LogP contribution >= 0.6 is 0 Å². The van der Waals surface area contributed by atoms with Crippen LogP contribution in [0, 0.1) is 28.6 Å². The second-order valence-corrected chi connectivity index (χ2v) is 8.67. The van der Waals surface area contributed by atoms with Gasteiger partial charge in [0.25, 0.3) is 0 Å². The molecule has 0 aliphatic heterocycles. The number of halogens is 2. The molecule has 5 atom stereocenters. The lowest BCUT2D eigenvalue weighted by atomic mass is 9.45. The van der Waals surface area contributed by atoms with Crippen LogP contribution in [0.15, 0.2) is 35.5 Å². The van der Waals surface area contributed by atoms with Gasteiger partial charge in [-0.15, -0.1) is 0 Å². The summed E-state index contributed by atoms with van der Waals surface area (Å²) in [7, 11) is 0. The maximum Gasteiger partial charge on any atom is 0.139 e. The minimum atomic E-state index is -0.344. The normalized spacial score (nSPS) is 48.1. The first kappa shape index (κ1) is 16.2. The third kappa shape index (κ3) is 1.87. The smallest absolute Gasteiger partial charge is 0.139 e. The standard InChI is InChI=1S/C21H26F2O/c1-20-9-4-3-5-15(20)13(11-22)14(12-23)19-16-6-7-18(24)21(16,2)10-8-17(19)20/h5,11-12,16-17,19H,3-4,6-10H2,1-2H3/b13-11+,14-12-/t16-,17-,19-,20-,21-/m0/s1. The van der Waals surface area contributed by atoms with Crippen LogP contribution in [-0.4, -0.2) is 5.78 Å². The molecule has 1 nitrogen and oxygen atoms in total. The van der Waals surface area contributed by atoms with Gasteiger partial charge in [-0.1, -0.05) is 19.9 Å². The van der Waals surface area contributed by atoms with Crippen molar-refractivity contribution in [3.05, 3.63) is 35.5 Å². The summed E-state index contributed by atoms with van der Waals surface area (Å²) >= 11 is 0. The average molecular weight is 332 g/mol. The Labute approximate surface area is 142 Å². The first-order valence-corrected chi connectivity index (χ1v) is 9.32. The predicted molar refractivity (Wildman–Crippen MR) is 90.5 cm³/mol. The Kier molecular flexibility index (Phi) is 3.63. The number of carbonyl (C=O) groups is 1. The minimum Gasteiger partial charge on any atom is -0.299 e. The summed E-state index contributed by atoms with van der Waals surface area (Å²) < 4.78 is 27.8. The Balaban J connectivity index is 1.88. The van der Waals surface area contributed by atoms with Crippen molar-refractivity contribution in [1.82, 2.24) is 0 Å². The van der Waals surface area contributed by atoms with Gasteiger partial charge in [-0.05, 0) is 72.8 Å². The van der Waals surface area contributed by atoms with E-state index in [1.165, 1.54) is 0 Å². The molecule has 24 heavy (non-hydrogen) atoms. The van der Waals surface area contributed by atoms with Gasteiger partial charge >= 0.3 is 0 Å². The van der Waals surface area contributed by atoms with Gasteiger partial charge < -0.3 is 0 Å². The second kappa shape index (κ2) is 5.37. The summed E-state index contributed by atoms with van der Waals surface area (Å²) in [5, 5.41) is 0. The first-order chi connectivity index (χ1) is 11.5. The van der Waals surface area contributed by atoms with Gasteiger partial charge in [-0.3, -0.25) is 4.79 Å². The summed E-state index contributed by atoms with van der Waals surface area (Å²) in [6.45, 7) is 4.31. The van der Waals surface area contributed by atoms with E-state index in [0.717, 1.165) is 44.1 Å². The molecule has 0 unspecified atom stereocenters. The van der Waals surface area contributed by atoms with Crippen molar-refractivity contribution < 1.29 is 13.6 Å². The molecule has 4 aliphatic carbocycles. The molecule has 0 aromatic heterocycles. The van der Waals surface area contributed by atoms with Crippen LogP contribution in [0.1, 0.15) is 58.8 Å². The molecule has 4 aliphatic rings. The van der Waals surface area contributed by atoms with Crippen molar-refractivity contribution in [2.45, 2.75) is 58.8 Å². The highest BCUT2D eigenvalue weighted by molar-refractivity contribution is 5.87. The molecule has 0 N–H and O–H groups in total. The Hall–Kier alpha value is -1.25. The Morgan fingerprint density at radius 3 is 2.54 bits per heavy atom. The molecule has 130 valence electrons. The molecule has 3 saturated carbocycles. The van der Waals surface area contributed by atoms with Gasteiger partial charge in [-0.25, -0.2) is 8.78 Å². The monoisotopic (exact) mass is 332 g/mol. The molecule has 0 bridgehead atoms. The van der Waals surface area contributed by atoms with Crippen molar-refractivity contribution in [2.75, 3.05) is 0 Å². The first-order valence-electron chi connectivity index (χ1n) is 9.32. The number of Topliss-reactive ketones (excluding diaryl/α,β-unsaturated/α-hetero) is 1. The van der Waals surface area contributed by atoms with Gasteiger partial charge in [0.15, 0.2) is 0 Å². The van der Waals surface area contributed by atoms with Crippen LogP contribution in [0.4, 0.5) is 8.78 Å². The number of rotatable bonds is 0. The Morgan fingerprint density at radius 2 is 1.83 bits per heavy atom. The molecule has 3 fully saturated rings. The maximum absolute atomic E-state index is 14.0. The van der Waals surface area contributed by atoms with Gasteiger partial charge in [0.2, 0.25) is 0 Å². The zero-order chi connectivity index (χ0) is 17.1. The van der Waals surface area contributed by atoms with Gasteiger partial charge in [0, 0.05) is 17.4 Å². The second-order valence-electron chi connectivity index (χ2n) is 8.67. The van der Waals surface area contributed by atoms with Crippen LogP contribution in [0.25, 0.3) is 0 Å². The van der Waals surface area contributed by atoms with Crippen molar-refractivity contribution in [2.24, 2.45) is 28.6 Å². The lowest BCUT2D eigenvalue weighted by Crippen LogP contribution is -2.51. The lowest BCUT2D eigenvalue weighted by Gasteiger charge is -2.58. The number of hydrogen-bond donors (Lipinski definition) is 0. The van der Waals surface area contributed by atoms with E-state index < -0.39 is 0 Å². The van der Waals surface area contributed by atoms with Crippen molar-refractivity contribution >= 4 is 5.78 Å². The SMILES string of the molecule is C[C@]12CCCC=C1C(=C/F)/C(=C/F)[C@@H]1[C@@H]2CC[C@]2(C)C(=O)CC[C@@H]12. The Bertz CT molecular complexity index is 673. The molecule has 0 aromatic rings. The van der Waals surface area contributed by atoms with Crippen LogP contribution < -0.4 is 0 Å². The van der Waals surface area contributed by atoms with E-state index in [9.17, 15) is 13.6 Å². The third-order valence-electron chi connectivity index (χ3n) is 7.85. The van der Waals surface area contributed by atoms with E-state index in [0.29, 0.717) is 41.9 Å². The fraction of sp³-hybridized carbons (Fsp3) is 0.667. The quantitative estimate of drug-likeness (QED) is 0.545.